The Morgan fingerprint density at radius 2 is 2.20 bits per heavy atom. The van der Waals surface area contributed by atoms with Crippen LogP contribution in [0.4, 0.5) is 0 Å². The molecule has 0 bridgehead atoms. The highest BCUT2D eigenvalue weighted by Crippen LogP contribution is 2.20. The van der Waals surface area contributed by atoms with Gasteiger partial charge in [0, 0.05) is 9.23 Å². The minimum Gasteiger partial charge on any atom is -0.405 e. The van der Waals surface area contributed by atoms with E-state index in [0.29, 0.717) is 0 Å². The summed E-state index contributed by atoms with van der Waals surface area (Å²) in [5.41, 5.74) is 8.23. The van der Waals surface area contributed by atoms with E-state index >= 15 is 0 Å². The number of benzene rings is 1. The van der Waals surface area contributed by atoms with Gasteiger partial charge in [-0.2, -0.15) is 0 Å². The van der Waals surface area contributed by atoms with Gasteiger partial charge in [-0.3, -0.25) is 0 Å². The Balaban J connectivity index is 2.12. The van der Waals surface area contributed by atoms with E-state index in [9.17, 15) is 0 Å². The third-order valence-corrected chi connectivity index (χ3v) is 5.07. The molecule has 0 saturated carbocycles. The number of allylic oxidation sites excluding steroid dienone is 3. The summed E-state index contributed by atoms with van der Waals surface area (Å²) in [6, 6.07) is 8.72. The predicted octanol–water partition coefficient (Wildman–Crippen LogP) is 3.44. The molecule has 0 amide bonds. The molecule has 1 aliphatic carbocycles. The fourth-order valence-electron chi connectivity index (χ4n) is 2.73. The molecule has 3 rings (SSSR count). The molecule has 0 aliphatic heterocycles. The molecule has 102 valence electrons. The normalized spacial score (nSPS) is 15.7. The average molecular weight is 281 g/mol. The van der Waals surface area contributed by atoms with Crippen molar-refractivity contribution in [2.75, 3.05) is 0 Å². The lowest BCUT2D eigenvalue weighted by molar-refractivity contribution is 1.05. The van der Waals surface area contributed by atoms with Crippen molar-refractivity contribution in [2.45, 2.75) is 26.2 Å². The predicted molar refractivity (Wildman–Crippen MR) is 89.9 cm³/mol. The van der Waals surface area contributed by atoms with E-state index in [4.69, 9.17) is 5.73 Å². The van der Waals surface area contributed by atoms with E-state index in [1.54, 1.807) is 11.8 Å². The van der Waals surface area contributed by atoms with E-state index < -0.39 is 0 Å². The van der Waals surface area contributed by atoms with Crippen molar-refractivity contribution in [1.82, 2.24) is 0 Å². The molecule has 0 unspecified atom stereocenters. The van der Waals surface area contributed by atoms with E-state index in [-0.39, 0.29) is 0 Å². The summed E-state index contributed by atoms with van der Waals surface area (Å²) in [5.74, 6) is 0. The summed E-state index contributed by atoms with van der Waals surface area (Å²) in [7, 11) is 0. The van der Waals surface area contributed by atoms with Gasteiger partial charge in [-0.1, -0.05) is 35.9 Å². The smallest absolute Gasteiger partial charge is 0.0355 e. The standard InChI is InChI=1S/C18H19NS/c1-13(11-12-19)9-10-14-5-4-7-16-15-6-2-3-8-17(15)20-18(14)16/h2-3,6-9,11-12H,4-5,10,19H2,1H3/b12-11-,13-9-. The first-order valence-corrected chi connectivity index (χ1v) is 7.86. The fourth-order valence-corrected chi connectivity index (χ4v) is 4.02. The Kier molecular flexibility index (Phi) is 3.75. The number of fused-ring (bicyclic) bond motifs is 3. The quantitative estimate of drug-likeness (QED) is 0.857. The SMILES string of the molecule is CC(/C=C\N)=C/CC1=c2sc3ccccc3c2=CCC1. The lowest BCUT2D eigenvalue weighted by Gasteiger charge is -2.06. The maximum Gasteiger partial charge on any atom is 0.0355 e. The molecular formula is C18H19NS. The second kappa shape index (κ2) is 5.68. The van der Waals surface area contributed by atoms with Crippen molar-refractivity contribution < 1.29 is 0 Å². The zero-order valence-electron chi connectivity index (χ0n) is 11.7. The van der Waals surface area contributed by atoms with Crippen molar-refractivity contribution in [2.24, 2.45) is 5.73 Å². The number of thiophene rings is 1. The summed E-state index contributed by atoms with van der Waals surface area (Å²) in [6.07, 6.45) is 11.6. The van der Waals surface area contributed by atoms with Crippen LogP contribution in [0.2, 0.25) is 0 Å². The molecular weight excluding hydrogens is 262 g/mol. The third-order valence-electron chi connectivity index (χ3n) is 3.78. The number of hydrogen-bond donors (Lipinski definition) is 1. The molecule has 0 atom stereocenters. The maximum atomic E-state index is 5.43. The first-order valence-electron chi connectivity index (χ1n) is 7.04. The van der Waals surface area contributed by atoms with E-state index in [2.05, 4.69) is 43.3 Å². The number of rotatable bonds is 3. The molecule has 1 heterocycles. The monoisotopic (exact) mass is 281 g/mol. The Morgan fingerprint density at radius 3 is 3.05 bits per heavy atom. The van der Waals surface area contributed by atoms with Crippen LogP contribution >= 0.6 is 11.3 Å². The molecule has 1 nitrogen and oxygen atoms in total. The first-order chi connectivity index (χ1) is 9.79. The molecule has 2 aromatic rings. The van der Waals surface area contributed by atoms with Crippen molar-refractivity contribution >= 4 is 33.1 Å². The van der Waals surface area contributed by atoms with Gasteiger partial charge in [0.2, 0.25) is 0 Å². The minimum atomic E-state index is 1.03. The van der Waals surface area contributed by atoms with E-state index in [0.717, 1.165) is 12.8 Å². The number of hydrogen-bond acceptors (Lipinski definition) is 2. The largest absolute Gasteiger partial charge is 0.405 e. The van der Waals surface area contributed by atoms with Gasteiger partial charge in [-0.05, 0) is 60.7 Å². The lowest BCUT2D eigenvalue weighted by atomic mass is 10.00. The summed E-state index contributed by atoms with van der Waals surface area (Å²) >= 11 is 1.93. The van der Waals surface area contributed by atoms with Crippen LogP contribution < -0.4 is 15.5 Å². The summed E-state index contributed by atoms with van der Waals surface area (Å²) < 4.78 is 2.88. The van der Waals surface area contributed by atoms with Crippen molar-refractivity contribution in [3.05, 3.63) is 57.9 Å². The molecule has 2 heteroatoms. The van der Waals surface area contributed by atoms with Gasteiger partial charge in [0.05, 0.1) is 0 Å². The Hall–Kier alpha value is -1.80. The van der Waals surface area contributed by atoms with E-state index in [1.807, 2.05) is 17.4 Å². The van der Waals surface area contributed by atoms with Crippen molar-refractivity contribution in [1.29, 1.82) is 0 Å². The van der Waals surface area contributed by atoms with Crippen LogP contribution in [0.3, 0.4) is 0 Å². The summed E-state index contributed by atoms with van der Waals surface area (Å²) in [5, 5.41) is 2.86. The lowest BCUT2D eigenvalue weighted by Crippen LogP contribution is -2.24. The van der Waals surface area contributed by atoms with Gasteiger partial charge in [-0.15, -0.1) is 11.3 Å². The highest BCUT2D eigenvalue weighted by atomic mass is 32.1. The number of nitrogens with two attached hydrogens (primary N) is 1. The van der Waals surface area contributed by atoms with Crippen LogP contribution in [-0.4, -0.2) is 0 Å². The Morgan fingerprint density at radius 1 is 1.35 bits per heavy atom. The maximum absolute atomic E-state index is 5.43. The molecule has 1 aliphatic rings. The second-order valence-corrected chi connectivity index (χ2v) is 6.25. The van der Waals surface area contributed by atoms with Crippen LogP contribution in [0.5, 0.6) is 0 Å². The van der Waals surface area contributed by atoms with Crippen LogP contribution in [0.1, 0.15) is 26.2 Å². The Labute approximate surface area is 123 Å². The second-order valence-electron chi connectivity index (χ2n) is 5.20. The first kappa shape index (κ1) is 13.2. The van der Waals surface area contributed by atoms with Crippen LogP contribution in [0, 0.1) is 0 Å². The summed E-state index contributed by atoms with van der Waals surface area (Å²) in [6.45, 7) is 2.10. The van der Waals surface area contributed by atoms with Crippen LogP contribution in [-0.2, 0) is 0 Å². The van der Waals surface area contributed by atoms with Crippen LogP contribution in [0.15, 0.2) is 48.2 Å². The molecule has 1 aromatic heterocycles. The molecule has 0 spiro atoms. The van der Waals surface area contributed by atoms with Crippen molar-refractivity contribution in [3.8, 4) is 0 Å². The molecule has 1 aromatic carbocycles. The molecule has 0 fully saturated rings. The zero-order chi connectivity index (χ0) is 13.9. The highest BCUT2D eigenvalue weighted by molar-refractivity contribution is 7.17. The topological polar surface area (TPSA) is 26.0 Å². The van der Waals surface area contributed by atoms with Crippen LogP contribution in [0.25, 0.3) is 21.7 Å². The van der Waals surface area contributed by atoms with Gasteiger partial charge in [0.1, 0.15) is 0 Å². The Bertz CT molecular complexity index is 806. The van der Waals surface area contributed by atoms with Gasteiger partial charge in [0.15, 0.2) is 0 Å². The third kappa shape index (κ3) is 2.44. The van der Waals surface area contributed by atoms with E-state index in [1.165, 1.54) is 31.8 Å². The fraction of sp³-hybridized carbons (Fsp3) is 0.222. The minimum absolute atomic E-state index is 1.03. The average Bonchev–Trinajstić information content (AvgIpc) is 2.84. The zero-order valence-corrected chi connectivity index (χ0v) is 12.5. The molecule has 0 radical (unpaired) electrons. The molecule has 0 saturated heterocycles. The van der Waals surface area contributed by atoms with Gasteiger partial charge >= 0.3 is 0 Å². The molecule has 2 N–H and O–H groups in total. The highest BCUT2D eigenvalue weighted by Gasteiger charge is 2.08. The molecule has 20 heavy (non-hydrogen) atoms. The van der Waals surface area contributed by atoms with Crippen molar-refractivity contribution in [3.63, 3.8) is 0 Å². The van der Waals surface area contributed by atoms with Gasteiger partial charge in [-0.25, -0.2) is 0 Å². The summed E-state index contributed by atoms with van der Waals surface area (Å²) in [4.78, 5) is 0. The van der Waals surface area contributed by atoms with Gasteiger partial charge < -0.3 is 5.73 Å². The van der Waals surface area contributed by atoms with Gasteiger partial charge in [0.25, 0.3) is 0 Å².